The highest BCUT2D eigenvalue weighted by Gasteiger charge is 2.59. The predicted molar refractivity (Wildman–Crippen MR) is 255 cm³/mol. The summed E-state index contributed by atoms with van der Waals surface area (Å²) in [6.45, 7) is 16.3. The number of imidazole rings is 1. The molecule has 1 amide bonds. The van der Waals surface area contributed by atoms with Crippen LogP contribution < -0.4 is 11.4 Å². The van der Waals surface area contributed by atoms with Crippen molar-refractivity contribution in [1.82, 2.24) is 48.3 Å². The van der Waals surface area contributed by atoms with Crippen molar-refractivity contribution in [3.8, 4) is 17.2 Å². The monoisotopic (exact) mass is 952 g/mol. The number of benzene rings is 3. The fourth-order valence-corrected chi connectivity index (χ4v) is 11.7. The number of carbonyl (C=O) groups excluding carboxylic acids is 1. The van der Waals surface area contributed by atoms with Gasteiger partial charge in [0.25, 0.3) is 5.91 Å². The molecule has 12 rings (SSSR count). The van der Waals surface area contributed by atoms with Gasteiger partial charge in [-0.1, -0.05) is 25.1 Å². The molecule has 3 aliphatic heterocycles. The van der Waals surface area contributed by atoms with Gasteiger partial charge < -0.3 is 18.9 Å². The average molecular weight is 953 g/mol. The van der Waals surface area contributed by atoms with Gasteiger partial charge in [0.15, 0.2) is 11.6 Å². The van der Waals surface area contributed by atoms with Crippen LogP contribution in [0.3, 0.4) is 0 Å². The molecule has 1 N–H and O–H groups in total. The lowest BCUT2D eigenvalue weighted by molar-refractivity contribution is -0.111. The Balaban J connectivity index is 0.978. The quantitative estimate of drug-likeness (QED) is 0.151. The lowest BCUT2D eigenvalue weighted by atomic mass is 9.83. The third kappa shape index (κ3) is 6.72. The maximum atomic E-state index is 16.6. The first-order valence-electron chi connectivity index (χ1n) is 24.0. The Kier molecular flexibility index (Phi) is 9.83. The molecular weight excluding hydrogens is 899 g/mol. The van der Waals surface area contributed by atoms with Crippen molar-refractivity contribution in [1.29, 1.82) is 0 Å². The summed E-state index contributed by atoms with van der Waals surface area (Å²) in [7, 11) is 0. The van der Waals surface area contributed by atoms with E-state index in [1.165, 1.54) is 21.5 Å². The first-order chi connectivity index (χ1) is 33.4. The minimum absolute atomic E-state index is 0.00673. The fourth-order valence-electron chi connectivity index (χ4n) is 11.7. The van der Waals surface area contributed by atoms with Gasteiger partial charge in [0.05, 0.1) is 65.6 Å². The van der Waals surface area contributed by atoms with E-state index in [0.29, 0.717) is 96.7 Å². The van der Waals surface area contributed by atoms with Gasteiger partial charge in [-0.2, -0.15) is 10.2 Å². The first kappa shape index (κ1) is 44.3. The van der Waals surface area contributed by atoms with Gasteiger partial charge in [-0.25, -0.2) is 23.1 Å². The van der Waals surface area contributed by atoms with Crippen LogP contribution in [0.2, 0.25) is 0 Å². The lowest BCUT2D eigenvalue weighted by Crippen LogP contribution is -2.43. The number of nitrogens with zero attached hydrogens (tertiary/aromatic N) is 9. The van der Waals surface area contributed by atoms with Crippen LogP contribution in [0.5, 0.6) is 0 Å². The normalized spacial score (nSPS) is 22.7. The number of halogens is 2. The number of amides is 1. The maximum Gasteiger partial charge on any atom is 0.438 e. The van der Waals surface area contributed by atoms with Crippen molar-refractivity contribution in [2.24, 2.45) is 11.3 Å². The van der Waals surface area contributed by atoms with Gasteiger partial charge in [0.1, 0.15) is 22.9 Å². The topological polar surface area (TPSA) is 165 Å². The number of ether oxygens (including phenoxy) is 2. The van der Waals surface area contributed by atoms with Crippen LogP contribution in [0.25, 0.3) is 39.0 Å². The highest BCUT2D eigenvalue weighted by Crippen LogP contribution is 2.56. The molecule has 5 aromatic heterocycles. The van der Waals surface area contributed by atoms with E-state index in [1.807, 2.05) is 17.6 Å². The Labute approximate surface area is 400 Å². The number of rotatable bonds is 9. The molecule has 8 aromatic rings. The van der Waals surface area contributed by atoms with Crippen LogP contribution >= 0.6 is 0 Å². The molecule has 2 saturated heterocycles. The smallest absolute Gasteiger partial charge is 0.380 e. The minimum Gasteiger partial charge on any atom is -0.380 e. The molecule has 0 spiro atoms. The molecule has 0 radical (unpaired) electrons. The molecule has 0 bridgehead atoms. The Morgan fingerprint density at radius 1 is 0.929 bits per heavy atom. The third-order valence-corrected chi connectivity index (χ3v) is 15.5. The highest BCUT2D eigenvalue weighted by atomic mass is 19.1. The summed E-state index contributed by atoms with van der Waals surface area (Å²) in [5, 5.41) is 14.9. The van der Waals surface area contributed by atoms with Crippen LogP contribution in [0, 0.1) is 36.8 Å². The predicted octanol–water partition coefficient (Wildman–Crippen LogP) is 7.94. The van der Waals surface area contributed by atoms with Gasteiger partial charge in [-0.3, -0.25) is 28.1 Å². The molecule has 362 valence electrons. The van der Waals surface area contributed by atoms with Gasteiger partial charge in [-0.15, -0.1) is 0 Å². The average Bonchev–Trinajstić information content (AvgIpc) is 3.96. The molecule has 4 aliphatic rings. The second-order valence-electron chi connectivity index (χ2n) is 21.1. The van der Waals surface area contributed by atoms with E-state index in [1.54, 1.807) is 58.6 Å². The second kappa shape index (κ2) is 15.5. The van der Waals surface area contributed by atoms with E-state index in [-0.39, 0.29) is 45.6 Å². The summed E-state index contributed by atoms with van der Waals surface area (Å²) in [5.74, 6) is -0.941. The number of hydrogen-bond donors (Lipinski definition) is 1. The number of aromatic nitrogens is 9. The zero-order valence-corrected chi connectivity index (χ0v) is 40.2. The van der Waals surface area contributed by atoms with E-state index in [2.05, 4.69) is 61.1 Å². The van der Waals surface area contributed by atoms with E-state index < -0.39 is 28.8 Å². The van der Waals surface area contributed by atoms with E-state index in [9.17, 15) is 9.59 Å². The molecule has 3 aromatic carbocycles. The Hall–Kier alpha value is -6.92. The summed E-state index contributed by atoms with van der Waals surface area (Å²) < 4.78 is 56.5. The SMILES string of the molecule is Cc1cc(-n2nc3c(c2-n2ccn(-c4ccc5c(cnn5CC5(C)COC5)c4F)c2=O)[C@H](C)N(C(=O)c2cc4cc(C5CCOC(C)(C)C5)ccc4n2[C@@]2(c4noc(=O)[nH]4)C[C@@H]2C)CC3)cc(C)c1F. The second-order valence-corrected chi connectivity index (χ2v) is 21.1. The van der Waals surface area contributed by atoms with Gasteiger partial charge >= 0.3 is 11.4 Å². The van der Waals surface area contributed by atoms with Crippen molar-refractivity contribution in [2.75, 3.05) is 26.4 Å². The fraction of sp³-hybridized carbons (Fsp3) is 0.423. The number of nitrogens with one attached hydrogen (secondary N) is 1. The van der Waals surface area contributed by atoms with E-state index in [4.69, 9.17) is 19.1 Å². The van der Waals surface area contributed by atoms with Crippen molar-refractivity contribution < 1.29 is 27.6 Å². The van der Waals surface area contributed by atoms with Crippen molar-refractivity contribution in [3.63, 3.8) is 0 Å². The summed E-state index contributed by atoms with van der Waals surface area (Å²) in [4.78, 5) is 47.6. The highest BCUT2D eigenvalue weighted by molar-refractivity contribution is 6.00. The number of fused-ring (bicyclic) bond motifs is 3. The molecular formula is C52H54F2N10O6. The first-order valence-corrected chi connectivity index (χ1v) is 24.0. The van der Waals surface area contributed by atoms with E-state index in [0.717, 1.165) is 29.3 Å². The van der Waals surface area contributed by atoms with Gasteiger partial charge in [0.2, 0.25) is 0 Å². The van der Waals surface area contributed by atoms with Crippen LogP contribution in [-0.2, 0) is 28.0 Å². The molecule has 70 heavy (non-hydrogen) atoms. The van der Waals surface area contributed by atoms with Gasteiger partial charge in [-0.05, 0) is 125 Å². The summed E-state index contributed by atoms with van der Waals surface area (Å²) >= 11 is 0. The van der Waals surface area contributed by atoms with Crippen LogP contribution in [0.4, 0.5) is 8.78 Å². The standard InChI is InChI=1S/C52H54F2N10O6/c1-28-18-35(19-29(2)43(28)53)64-45(61-16-15-60(49(61)67)40-11-10-39-36(44(40)54)24-55-62(39)25-51(7)26-68-27-51)42-31(4)59(14-12-37(42)57-64)46(65)41-21-34-20-32(33-13-17-69-50(5,6)23-33)8-9-38(34)63(41)52(22-30(52)3)47-56-48(66)70-58-47/h8-11,15-16,18-21,24,30-31,33H,12-14,17,22-23,25-27H2,1-7H3,(H,56,58,66)/t30-,31-,33?,52-/m0/s1. The zero-order chi connectivity index (χ0) is 48.8. The van der Waals surface area contributed by atoms with Crippen molar-refractivity contribution >= 4 is 27.7 Å². The molecule has 18 heteroatoms. The van der Waals surface area contributed by atoms with Crippen molar-refractivity contribution in [2.45, 2.75) is 104 Å². The maximum absolute atomic E-state index is 16.6. The Morgan fingerprint density at radius 2 is 1.67 bits per heavy atom. The summed E-state index contributed by atoms with van der Waals surface area (Å²) in [5.41, 5.74) is 3.81. The molecule has 4 atom stereocenters. The number of H-pyrrole nitrogens is 1. The van der Waals surface area contributed by atoms with Crippen LogP contribution in [0.1, 0.15) is 110 Å². The Morgan fingerprint density at radius 3 is 2.36 bits per heavy atom. The van der Waals surface area contributed by atoms with Crippen LogP contribution in [0.15, 0.2) is 81.2 Å². The zero-order valence-electron chi connectivity index (χ0n) is 40.2. The molecule has 16 nitrogen and oxygen atoms in total. The molecule has 3 fully saturated rings. The molecule has 1 aliphatic carbocycles. The number of hydrogen-bond acceptors (Lipinski definition) is 9. The van der Waals surface area contributed by atoms with E-state index >= 15 is 13.6 Å². The number of carbonyl (C=O) groups is 1. The van der Waals surface area contributed by atoms with Crippen molar-refractivity contribution in [3.05, 3.63) is 139 Å². The van der Waals surface area contributed by atoms with Gasteiger partial charge in [0, 0.05) is 53.8 Å². The molecule has 1 unspecified atom stereocenters. The summed E-state index contributed by atoms with van der Waals surface area (Å²) in [6, 6.07) is 14.4. The summed E-state index contributed by atoms with van der Waals surface area (Å²) in [6.07, 6.45) is 7.24. The number of aromatic amines is 1. The molecule has 1 saturated carbocycles. The Bertz CT molecular complexity index is 3560. The minimum atomic E-state index is -0.865. The number of aryl methyl sites for hydroxylation is 2. The van der Waals surface area contributed by atoms with Crippen LogP contribution in [-0.4, -0.2) is 86.2 Å². The lowest BCUT2D eigenvalue weighted by Gasteiger charge is -2.37. The molecule has 8 heterocycles. The third-order valence-electron chi connectivity index (χ3n) is 15.5. The largest absolute Gasteiger partial charge is 0.438 e.